The summed E-state index contributed by atoms with van der Waals surface area (Å²) in [5.41, 5.74) is 3.47. The van der Waals surface area contributed by atoms with Crippen LogP contribution in [0, 0.1) is 0 Å². The smallest absolute Gasteiger partial charge is 0.124 e. The van der Waals surface area contributed by atoms with Gasteiger partial charge in [-0.1, -0.05) is 0 Å². The number of thioether (sulfide) groups is 1. The fraction of sp³-hybridized carbons (Fsp3) is 0.857. The molecule has 3 N–H and O–H groups in total. The van der Waals surface area contributed by atoms with Crippen molar-refractivity contribution in [2.45, 2.75) is 25.3 Å². The van der Waals surface area contributed by atoms with E-state index < -0.39 is 12.0 Å². The maximum absolute atomic E-state index is 10.2. The Morgan fingerprint density at radius 1 is 1.64 bits per heavy atom. The van der Waals surface area contributed by atoms with Crippen LogP contribution in [0.25, 0.3) is 0 Å². The van der Waals surface area contributed by atoms with Crippen molar-refractivity contribution >= 4 is 17.7 Å². The molecule has 0 aromatic heterocycles. The van der Waals surface area contributed by atoms with Crippen molar-refractivity contribution < 1.29 is 15.6 Å². The monoisotopic (exact) mass is 177 g/mol. The van der Waals surface area contributed by atoms with Gasteiger partial charge in [0.25, 0.3) is 0 Å². The van der Waals surface area contributed by atoms with Crippen LogP contribution in [0.5, 0.6) is 0 Å². The number of hydrogen-bond acceptors (Lipinski definition) is 3. The molecule has 0 radical (unpaired) electrons. The van der Waals surface area contributed by atoms with Crippen LogP contribution in [0.2, 0.25) is 0 Å². The zero-order chi connectivity index (χ0) is 8.69. The summed E-state index contributed by atoms with van der Waals surface area (Å²) in [6, 6.07) is -0.531. The maximum atomic E-state index is 10.2. The summed E-state index contributed by atoms with van der Waals surface area (Å²) in [5.74, 6) is 0.0638. The fourth-order valence-electron chi connectivity index (χ4n) is 0.755. The van der Waals surface area contributed by atoms with Crippen molar-refractivity contribution in [1.82, 2.24) is 0 Å². The van der Waals surface area contributed by atoms with Crippen molar-refractivity contribution in [3.05, 3.63) is 0 Å². The Morgan fingerprint density at radius 3 is 2.73 bits per heavy atom. The van der Waals surface area contributed by atoms with Crippen molar-refractivity contribution in [1.29, 1.82) is 0 Å². The van der Waals surface area contributed by atoms with Crippen LogP contribution >= 0.6 is 11.8 Å². The van der Waals surface area contributed by atoms with Gasteiger partial charge in [0.15, 0.2) is 0 Å². The molecule has 0 aliphatic rings. The van der Waals surface area contributed by atoms with Gasteiger partial charge in [0.05, 0.1) is 5.97 Å². The molecule has 0 saturated heterocycles. The molecule has 11 heavy (non-hydrogen) atoms. The van der Waals surface area contributed by atoms with E-state index in [1.54, 1.807) is 11.8 Å². The SMILES string of the molecule is CSCCCC[C@H]([NH3+])C(=O)[O-]. The Kier molecular flexibility index (Phi) is 6.36. The summed E-state index contributed by atoms with van der Waals surface area (Å²) < 4.78 is 0. The predicted octanol–water partition coefficient (Wildman–Crippen LogP) is -1.12. The van der Waals surface area contributed by atoms with Crippen LogP contribution in [-0.2, 0) is 4.79 Å². The highest BCUT2D eigenvalue weighted by atomic mass is 32.2. The highest BCUT2D eigenvalue weighted by Crippen LogP contribution is 2.02. The molecule has 0 rings (SSSR count). The number of quaternary nitrogens is 1. The summed E-state index contributed by atoms with van der Waals surface area (Å²) in [4.78, 5) is 10.2. The Balaban J connectivity index is 3.17. The molecule has 0 fully saturated rings. The lowest BCUT2D eigenvalue weighted by atomic mass is 10.1. The molecule has 0 aromatic rings. The molecule has 1 atom stereocenters. The molecule has 0 aliphatic carbocycles. The van der Waals surface area contributed by atoms with E-state index in [9.17, 15) is 9.90 Å². The number of carboxylic acids is 1. The molecule has 4 heteroatoms. The summed E-state index contributed by atoms with van der Waals surface area (Å²) in [5, 5.41) is 10.2. The number of unbranched alkanes of at least 4 members (excludes halogenated alkanes) is 1. The minimum Gasteiger partial charge on any atom is -0.544 e. The van der Waals surface area contributed by atoms with Crippen LogP contribution in [0.4, 0.5) is 0 Å². The molecule has 0 spiro atoms. The summed E-state index contributed by atoms with van der Waals surface area (Å²) >= 11 is 1.78. The summed E-state index contributed by atoms with van der Waals surface area (Å²) in [6.07, 6.45) is 4.69. The fourth-order valence-corrected chi connectivity index (χ4v) is 1.25. The number of carbonyl (C=O) groups is 1. The second-order valence-corrected chi connectivity index (χ2v) is 3.49. The van der Waals surface area contributed by atoms with Crippen LogP contribution in [-0.4, -0.2) is 24.0 Å². The van der Waals surface area contributed by atoms with E-state index in [4.69, 9.17) is 0 Å². The Morgan fingerprint density at radius 2 is 2.27 bits per heavy atom. The van der Waals surface area contributed by atoms with Crippen molar-refractivity contribution in [3.8, 4) is 0 Å². The van der Waals surface area contributed by atoms with Gasteiger partial charge in [-0.2, -0.15) is 11.8 Å². The first kappa shape index (κ1) is 10.8. The van der Waals surface area contributed by atoms with Gasteiger partial charge in [-0.15, -0.1) is 0 Å². The summed E-state index contributed by atoms with van der Waals surface area (Å²) in [6.45, 7) is 0. The van der Waals surface area contributed by atoms with E-state index in [1.807, 2.05) is 6.26 Å². The maximum Gasteiger partial charge on any atom is 0.124 e. The third-order valence-electron chi connectivity index (χ3n) is 1.48. The quantitative estimate of drug-likeness (QED) is 0.523. The van der Waals surface area contributed by atoms with Gasteiger partial charge in [0, 0.05) is 6.42 Å². The summed E-state index contributed by atoms with van der Waals surface area (Å²) in [7, 11) is 0. The van der Waals surface area contributed by atoms with E-state index >= 15 is 0 Å². The molecular formula is C7H15NO2S. The molecule has 0 amide bonds. The Hall–Kier alpha value is -0.220. The predicted molar refractivity (Wildman–Crippen MR) is 43.9 cm³/mol. The van der Waals surface area contributed by atoms with Gasteiger partial charge in [0.1, 0.15) is 6.04 Å². The van der Waals surface area contributed by atoms with Gasteiger partial charge < -0.3 is 15.6 Å². The molecular weight excluding hydrogens is 162 g/mol. The number of hydrogen-bond donors (Lipinski definition) is 1. The van der Waals surface area contributed by atoms with Crippen molar-refractivity contribution in [2.75, 3.05) is 12.0 Å². The van der Waals surface area contributed by atoms with E-state index in [2.05, 4.69) is 5.73 Å². The zero-order valence-corrected chi connectivity index (χ0v) is 7.65. The lowest BCUT2D eigenvalue weighted by Gasteiger charge is -2.07. The van der Waals surface area contributed by atoms with E-state index in [-0.39, 0.29) is 0 Å². The number of carbonyl (C=O) groups excluding carboxylic acids is 1. The van der Waals surface area contributed by atoms with Crippen LogP contribution in [0.1, 0.15) is 19.3 Å². The highest BCUT2D eigenvalue weighted by Gasteiger charge is 2.05. The van der Waals surface area contributed by atoms with E-state index in [1.165, 1.54) is 0 Å². The van der Waals surface area contributed by atoms with Gasteiger partial charge in [-0.25, -0.2) is 0 Å². The van der Waals surface area contributed by atoms with Gasteiger partial charge in [0.2, 0.25) is 0 Å². The molecule has 0 bridgehead atoms. The largest absolute Gasteiger partial charge is 0.544 e. The van der Waals surface area contributed by atoms with Gasteiger partial charge >= 0.3 is 0 Å². The standard InChI is InChI=1S/C7H15NO2S/c1-11-5-3-2-4-6(8)7(9)10/h6H,2-5,8H2,1H3,(H,9,10)/t6-/m0/s1. The topological polar surface area (TPSA) is 67.8 Å². The van der Waals surface area contributed by atoms with Crippen molar-refractivity contribution in [2.24, 2.45) is 0 Å². The zero-order valence-electron chi connectivity index (χ0n) is 6.84. The molecule has 0 saturated carbocycles. The highest BCUT2D eigenvalue weighted by molar-refractivity contribution is 7.98. The second kappa shape index (κ2) is 6.49. The van der Waals surface area contributed by atoms with E-state index in [0.717, 1.165) is 18.6 Å². The molecule has 0 aromatic carbocycles. The lowest BCUT2D eigenvalue weighted by Crippen LogP contribution is -2.68. The molecule has 3 nitrogen and oxygen atoms in total. The molecule has 0 heterocycles. The van der Waals surface area contributed by atoms with Crippen LogP contribution < -0.4 is 10.8 Å². The van der Waals surface area contributed by atoms with E-state index in [0.29, 0.717) is 6.42 Å². The van der Waals surface area contributed by atoms with Crippen molar-refractivity contribution in [3.63, 3.8) is 0 Å². The first-order chi connectivity index (χ1) is 5.18. The molecule has 0 aliphatic heterocycles. The Bertz CT molecular complexity index is 119. The first-order valence-electron chi connectivity index (χ1n) is 3.71. The number of aliphatic carboxylic acids is 1. The minimum absolute atomic E-state index is 0.531. The number of carboxylic acid groups (broad SMARTS) is 1. The third-order valence-corrected chi connectivity index (χ3v) is 2.18. The van der Waals surface area contributed by atoms with Crippen LogP contribution in [0.3, 0.4) is 0 Å². The van der Waals surface area contributed by atoms with Crippen LogP contribution in [0.15, 0.2) is 0 Å². The van der Waals surface area contributed by atoms with Gasteiger partial charge in [-0.05, 0) is 24.9 Å². The molecule has 0 unspecified atom stereocenters. The first-order valence-corrected chi connectivity index (χ1v) is 5.10. The molecule has 66 valence electrons. The minimum atomic E-state index is -1.03. The average Bonchev–Trinajstić information content (AvgIpc) is 1.97. The van der Waals surface area contributed by atoms with Gasteiger partial charge in [-0.3, -0.25) is 0 Å². The lowest BCUT2D eigenvalue weighted by molar-refractivity contribution is -0.438. The Labute approximate surface area is 71.3 Å². The number of rotatable bonds is 6. The average molecular weight is 177 g/mol. The third kappa shape index (κ3) is 6.19. The normalized spacial score (nSPS) is 12.9. The second-order valence-electron chi connectivity index (χ2n) is 2.50.